The predicted molar refractivity (Wildman–Crippen MR) is 266 cm³/mol. The number of hydrogen-bond acceptors (Lipinski definition) is 6. The first kappa shape index (κ1) is 47.5. The molecule has 0 amide bonds. The third-order valence-corrected chi connectivity index (χ3v) is 13.0. The molecule has 66 heavy (non-hydrogen) atoms. The quantitative estimate of drug-likeness (QED) is 0.172. The molecule has 0 radical (unpaired) electrons. The van der Waals surface area contributed by atoms with Crippen LogP contribution in [0.4, 0.5) is 0 Å². The fraction of sp³-hybridized carbons (Fsp3) is 0.367. The van der Waals surface area contributed by atoms with Gasteiger partial charge in [0.1, 0.15) is 36.2 Å². The highest BCUT2D eigenvalue weighted by Crippen LogP contribution is 2.44. The first-order chi connectivity index (χ1) is 30.9. The van der Waals surface area contributed by atoms with Crippen molar-refractivity contribution in [1.82, 2.24) is 0 Å². The van der Waals surface area contributed by atoms with Crippen molar-refractivity contribution in [2.45, 2.75) is 144 Å². The van der Waals surface area contributed by atoms with Crippen LogP contribution in [0, 0.1) is 22.7 Å². The maximum Gasteiger partial charge on any atom is 0.126 e. The zero-order chi connectivity index (χ0) is 47.9. The van der Waals surface area contributed by atoms with Crippen LogP contribution in [0.2, 0.25) is 0 Å². The van der Waals surface area contributed by atoms with E-state index in [1.54, 1.807) is 0 Å². The number of phenolic OH excluding ortho intramolecular Hbond substituents is 2. The molecule has 0 aromatic heterocycles. The van der Waals surface area contributed by atoms with Gasteiger partial charge in [-0.25, -0.2) is 0 Å². The van der Waals surface area contributed by atoms with Gasteiger partial charge in [-0.1, -0.05) is 168 Å². The Hall–Kier alpha value is -6.50. The number of ether oxygens (including phenoxy) is 2. The van der Waals surface area contributed by atoms with Crippen molar-refractivity contribution in [3.63, 3.8) is 0 Å². The van der Waals surface area contributed by atoms with Crippen molar-refractivity contribution in [2.24, 2.45) is 0 Å². The van der Waals surface area contributed by atoms with Crippen molar-refractivity contribution in [3.8, 4) is 35.1 Å². The zero-order valence-corrected chi connectivity index (χ0v) is 41.1. The van der Waals surface area contributed by atoms with Crippen molar-refractivity contribution < 1.29 is 19.7 Å². The van der Waals surface area contributed by atoms with E-state index in [0.717, 1.165) is 77.9 Å². The van der Waals surface area contributed by atoms with Crippen LogP contribution in [0.3, 0.4) is 0 Å². The van der Waals surface area contributed by atoms with Crippen LogP contribution < -0.4 is 9.47 Å². The summed E-state index contributed by atoms with van der Waals surface area (Å²) in [5, 5.41) is 45.4. The normalized spacial score (nSPS) is 13.1. The lowest BCUT2D eigenvalue weighted by Crippen LogP contribution is -2.16. The van der Waals surface area contributed by atoms with Crippen molar-refractivity contribution in [2.75, 3.05) is 0 Å². The Balaban J connectivity index is 1.56. The van der Waals surface area contributed by atoms with E-state index in [4.69, 9.17) is 9.47 Å². The van der Waals surface area contributed by atoms with E-state index in [-0.39, 0.29) is 46.4 Å². The highest BCUT2D eigenvalue weighted by atomic mass is 16.5. The minimum atomic E-state index is -0.249. The van der Waals surface area contributed by atoms with Crippen LogP contribution in [0.15, 0.2) is 97.1 Å². The molecule has 1 aliphatic carbocycles. The maximum atomic E-state index is 12.7. The molecule has 0 saturated heterocycles. The molecule has 8 bridgehead atoms. The zero-order valence-electron chi connectivity index (χ0n) is 41.1. The standard InChI is InChI=1S/C60H66N2O4/c1-57(2,3)49-25-41-21-45-29-51(59(7,8)9)31-47(55(45)65-35-39-19-15-13-17-37(39)33-61)23-43-27-50(58(4,5)6)28-44(54(43)64)24-48-32-52(60(10,11)12)30-46(22-42(26-49)53(41)63)56(48)66-36-40-20-16-14-18-38(40)34-62/h13-20,25-32,63-64H,21-24,35-36H2,1-12H3. The summed E-state index contributed by atoms with van der Waals surface area (Å²) >= 11 is 0. The van der Waals surface area contributed by atoms with Gasteiger partial charge in [-0.05, 0) is 101 Å². The van der Waals surface area contributed by atoms with Gasteiger partial charge in [0.05, 0.1) is 23.3 Å². The van der Waals surface area contributed by atoms with Gasteiger partial charge >= 0.3 is 0 Å². The Morgan fingerprint density at radius 1 is 0.409 bits per heavy atom. The average molecular weight is 879 g/mol. The topological polar surface area (TPSA) is 106 Å². The van der Waals surface area contributed by atoms with Gasteiger partial charge in [0, 0.05) is 36.8 Å². The van der Waals surface area contributed by atoms with E-state index in [9.17, 15) is 20.7 Å². The van der Waals surface area contributed by atoms with Gasteiger partial charge in [-0.15, -0.1) is 0 Å². The third-order valence-electron chi connectivity index (χ3n) is 13.0. The lowest BCUT2D eigenvalue weighted by molar-refractivity contribution is 0.299. The molecule has 0 fully saturated rings. The molecule has 6 nitrogen and oxygen atoms in total. The average Bonchev–Trinajstić information content (AvgIpc) is 3.23. The Kier molecular flexibility index (Phi) is 13.0. The lowest BCUT2D eigenvalue weighted by atomic mass is 9.79. The molecule has 0 saturated carbocycles. The van der Waals surface area contributed by atoms with Crippen LogP contribution in [-0.2, 0) is 60.6 Å². The molecule has 0 unspecified atom stereocenters. The summed E-state index contributed by atoms with van der Waals surface area (Å²) in [5.74, 6) is 1.81. The predicted octanol–water partition coefficient (Wildman–Crippen LogP) is 13.9. The third kappa shape index (κ3) is 10.3. The smallest absolute Gasteiger partial charge is 0.126 e. The van der Waals surface area contributed by atoms with Crippen LogP contribution >= 0.6 is 0 Å². The van der Waals surface area contributed by atoms with E-state index in [0.29, 0.717) is 48.3 Å². The molecule has 1 aliphatic rings. The second-order valence-electron chi connectivity index (χ2n) is 22.4. The Morgan fingerprint density at radius 2 is 0.652 bits per heavy atom. The van der Waals surface area contributed by atoms with Crippen molar-refractivity contribution in [1.29, 1.82) is 10.5 Å². The first-order valence-corrected chi connectivity index (χ1v) is 23.2. The number of hydrogen-bond donors (Lipinski definition) is 2. The molecule has 0 aliphatic heterocycles. The number of benzene rings is 6. The largest absolute Gasteiger partial charge is 0.507 e. The fourth-order valence-corrected chi connectivity index (χ4v) is 8.83. The van der Waals surface area contributed by atoms with E-state index < -0.39 is 0 Å². The molecule has 2 N–H and O–H groups in total. The summed E-state index contributed by atoms with van der Waals surface area (Å²) in [6.45, 7) is 26.8. The second-order valence-corrected chi connectivity index (χ2v) is 22.4. The first-order valence-electron chi connectivity index (χ1n) is 23.2. The van der Waals surface area contributed by atoms with Gasteiger partial charge in [0.25, 0.3) is 0 Å². The lowest BCUT2D eigenvalue weighted by Gasteiger charge is -2.28. The second kappa shape index (κ2) is 18.1. The SMILES string of the molecule is CC(C)(C)c1cc2c(O)c(c1)Cc1cc(C(C)(C)C)cc(c1OCc1ccccc1C#N)Cc1cc(C(C)(C)C)cc(c1O)Cc1cc(C(C)(C)C)cc(c1OCc1ccccc1C#N)C2. The molecule has 7 rings (SSSR count). The summed E-state index contributed by atoms with van der Waals surface area (Å²) in [7, 11) is 0. The van der Waals surface area contributed by atoms with Gasteiger partial charge in [-0.3, -0.25) is 0 Å². The number of aromatic hydroxyl groups is 2. The van der Waals surface area contributed by atoms with Crippen molar-refractivity contribution in [3.05, 3.63) is 186 Å². The monoisotopic (exact) mass is 879 g/mol. The van der Waals surface area contributed by atoms with E-state index >= 15 is 0 Å². The number of nitriles is 2. The van der Waals surface area contributed by atoms with Gasteiger partial charge < -0.3 is 19.7 Å². The van der Waals surface area contributed by atoms with Gasteiger partial charge in [0.2, 0.25) is 0 Å². The number of fused-ring (bicyclic) bond motifs is 8. The van der Waals surface area contributed by atoms with E-state index in [2.05, 4.69) is 144 Å². The molecule has 0 heterocycles. The number of nitrogens with zero attached hydrogens (tertiary/aromatic N) is 2. The summed E-state index contributed by atoms with van der Waals surface area (Å²) < 4.78 is 13.9. The highest BCUT2D eigenvalue weighted by molar-refractivity contribution is 5.60. The molecule has 0 atom stereocenters. The minimum absolute atomic E-state index is 0.170. The Labute approximate surface area is 393 Å². The molecule has 6 aromatic carbocycles. The molecular weight excluding hydrogens is 813 g/mol. The molecule has 6 heteroatoms. The summed E-state index contributed by atoms with van der Waals surface area (Å²) in [6, 6.07) is 37.1. The van der Waals surface area contributed by atoms with Crippen LogP contribution in [0.5, 0.6) is 23.0 Å². The Morgan fingerprint density at radius 3 is 0.894 bits per heavy atom. The summed E-state index contributed by atoms with van der Waals surface area (Å²) in [6.07, 6.45) is 1.48. The Bertz CT molecular complexity index is 2600. The highest BCUT2D eigenvalue weighted by Gasteiger charge is 2.29. The molecule has 340 valence electrons. The number of phenols is 2. The molecule has 0 spiro atoms. The summed E-state index contributed by atoms with van der Waals surface area (Å²) in [5.41, 5.74) is 12.9. The van der Waals surface area contributed by atoms with Crippen molar-refractivity contribution >= 4 is 0 Å². The fourth-order valence-electron chi connectivity index (χ4n) is 8.83. The maximum absolute atomic E-state index is 12.7. The van der Waals surface area contributed by atoms with Gasteiger partial charge in [-0.2, -0.15) is 10.5 Å². The van der Waals surface area contributed by atoms with Crippen LogP contribution in [-0.4, -0.2) is 10.2 Å². The van der Waals surface area contributed by atoms with Gasteiger partial charge in [0.15, 0.2) is 0 Å². The van der Waals surface area contributed by atoms with Crippen LogP contribution in [0.25, 0.3) is 0 Å². The van der Waals surface area contributed by atoms with E-state index in [1.807, 2.05) is 48.5 Å². The number of rotatable bonds is 6. The molecular formula is C60H66N2O4. The van der Waals surface area contributed by atoms with E-state index in [1.165, 1.54) is 0 Å². The minimum Gasteiger partial charge on any atom is -0.507 e. The molecule has 6 aromatic rings. The van der Waals surface area contributed by atoms with Crippen LogP contribution in [0.1, 0.15) is 172 Å². The summed E-state index contributed by atoms with van der Waals surface area (Å²) in [4.78, 5) is 0.